The molecule has 0 spiro atoms. The Labute approximate surface area is 135 Å². The Morgan fingerprint density at radius 1 is 1.22 bits per heavy atom. The fourth-order valence-electron chi connectivity index (χ4n) is 3.60. The monoisotopic (exact) mass is 313 g/mol. The lowest BCUT2D eigenvalue weighted by Crippen LogP contribution is -2.49. The molecule has 1 aliphatic rings. The molecule has 0 radical (unpaired) electrons. The summed E-state index contributed by atoms with van der Waals surface area (Å²) >= 11 is 0. The van der Waals surface area contributed by atoms with Gasteiger partial charge in [0.05, 0.1) is 10.9 Å². The maximum atomic E-state index is 12.8. The molecule has 3 rings (SSSR count). The number of fused-ring (bicyclic) bond motifs is 1. The average molecular weight is 313 g/mol. The van der Waals surface area contributed by atoms with E-state index in [-0.39, 0.29) is 30.1 Å². The summed E-state index contributed by atoms with van der Waals surface area (Å²) in [5.41, 5.74) is 0.539. The zero-order valence-electron chi connectivity index (χ0n) is 14.0. The second kappa shape index (κ2) is 6.14. The highest BCUT2D eigenvalue weighted by atomic mass is 16.2. The fraction of sp³-hybridized carbons (Fsp3) is 0.500. The standard InChI is InChI=1S/C18H23N3O2/c1-12-7-6-8-13(2)21(12)17(22)11-20-14(3)19-16-10-5-4-9-15(16)18(20)23/h4-5,9-10,12-13H,6-8,11H2,1-3H3/t12-,13+. The van der Waals surface area contributed by atoms with E-state index in [1.807, 2.05) is 23.1 Å². The smallest absolute Gasteiger partial charge is 0.261 e. The highest BCUT2D eigenvalue weighted by molar-refractivity contribution is 5.79. The first-order chi connectivity index (χ1) is 11.0. The summed E-state index contributed by atoms with van der Waals surface area (Å²) in [6.45, 7) is 6.02. The zero-order valence-corrected chi connectivity index (χ0v) is 14.0. The Kier molecular flexibility index (Phi) is 4.20. The molecule has 1 aliphatic heterocycles. The van der Waals surface area contributed by atoms with E-state index in [2.05, 4.69) is 18.8 Å². The van der Waals surface area contributed by atoms with E-state index >= 15 is 0 Å². The van der Waals surface area contributed by atoms with Crippen molar-refractivity contribution in [3.8, 4) is 0 Å². The number of aromatic nitrogens is 2. The molecule has 1 aromatic carbocycles. The van der Waals surface area contributed by atoms with E-state index in [0.29, 0.717) is 16.7 Å². The predicted octanol–water partition coefficient (Wildman–Crippen LogP) is 2.49. The van der Waals surface area contributed by atoms with Crippen LogP contribution in [-0.4, -0.2) is 32.4 Å². The molecule has 1 fully saturated rings. The van der Waals surface area contributed by atoms with Crippen LogP contribution in [0.1, 0.15) is 38.9 Å². The number of carbonyl (C=O) groups is 1. The van der Waals surface area contributed by atoms with Crippen molar-refractivity contribution in [3.63, 3.8) is 0 Å². The Hall–Kier alpha value is -2.17. The number of hydrogen-bond donors (Lipinski definition) is 0. The third-order valence-electron chi connectivity index (χ3n) is 4.83. The van der Waals surface area contributed by atoms with Crippen LogP contribution >= 0.6 is 0 Å². The van der Waals surface area contributed by atoms with Gasteiger partial charge in [-0.15, -0.1) is 0 Å². The van der Waals surface area contributed by atoms with Crippen LogP contribution in [0.25, 0.3) is 10.9 Å². The van der Waals surface area contributed by atoms with Gasteiger partial charge in [-0.05, 0) is 52.2 Å². The van der Waals surface area contributed by atoms with E-state index in [1.165, 1.54) is 4.57 Å². The topological polar surface area (TPSA) is 55.2 Å². The summed E-state index contributed by atoms with van der Waals surface area (Å²) < 4.78 is 1.50. The van der Waals surface area contributed by atoms with Gasteiger partial charge in [0.15, 0.2) is 0 Å². The van der Waals surface area contributed by atoms with E-state index in [4.69, 9.17) is 0 Å². The highest BCUT2D eigenvalue weighted by Gasteiger charge is 2.29. The van der Waals surface area contributed by atoms with Crippen LogP contribution in [-0.2, 0) is 11.3 Å². The lowest BCUT2D eigenvalue weighted by atomic mass is 9.97. The van der Waals surface area contributed by atoms with Crippen LogP contribution in [0, 0.1) is 6.92 Å². The molecule has 0 N–H and O–H groups in total. The highest BCUT2D eigenvalue weighted by Crippen LogP contribution is 2.22. The van der Waals surface area contributed by atoms with Gasteiger partial charge in [-0.2, -0.15) is 0 Å². The molecule has 0 bridgehead atoms. The fourth-order valence-corrected chi connectivity index (χ4v) is 3.60. The van der Waals surface area contributed by atoms with Gasteiger partial charge in [-0.25, -0.2) is 4.98 Å². The van der Waals surface area contributed by atoms with Crippen molar-refractivity contribution in [3.05, 3.63) is 40.4 Å². The first kappa shape index (κ1) is 15.7. The minimum absolute atomic E-state index is 0.00646. The van der Waals surface area contributed by atoms with Crippen LogP contribution < -0.4 is 5.56 Å². The molecule has 0 aliphatic carbocycles. The summed E-state index contributed by atoms with van der Waals surface area (Å²) in [6.07, 6.45) is 3.21. The van der Waals surface area contributed by atoms with Crippen molar-refractivity contribution < 1.29 is 4.79 Å². The molecule has 23 heavy (non-hydrogen) atoms. The Morgan fingerprint density at radius 2 is 1.87 bits per heavy atom. The minimum Gasteiger partial charge on any atom is -0.336 e. The number of carbonyl (C=O) groups excluding carboxylic acids is 1. The summed E-state index contributed by atoms with van der Waals surface area (Å²) in [5, 5.41) is 0.561. The number of hydrogen-bond acceptors (Lipinski definition) is 3. The molecule has 122 valence electrons. The average Bonchev–Trinajstić information content (AvgIpc) is 2.51. The summed E-state index contributed by atoms with van der Waals surface area (Å²) in [7, 11) is 0. The molecule has 5 heteroatoms. The van der Waals surface area contributed by atoms with E-state index in [9.17, 15) is 9.59 Å². The van der Waals surface area contributed by atoms with Gasteiger partial charge in [0, 0.05) is 12.1 Å². The lowest BCUT2D eigenvalue weighted by Gasteiger charge is -2.39. The van der Waals surface area contributed by atoms with Gasteiger partial charge in [-0.3, -0.25) is 14.2 Å². The van der Waals surface area contributed by atoms with E-state index in [1.54, 1.807) is 13.0 Å². The molecule has 2 heterocycles. The van der Waals surface area contributed by atoms with Crippen LogP contribution in [0.2, 0.25) is 0 Å². The van der Waals surface area contributed by atoms with Gasteiger partial charge in [0.1, 0.15) is 12.4 Å². The van der Waals surface area contributed by atoms with Gasteiger partial charge in [0.2, 0.25) is 5.91 Å². The van der Waals surface area contributed by atoms with Gasteiger partial charge in [-0.1, -0.05) is 12.1 Å². The van der Waals surface area contributed by atoms with Crippen molar-refractivity contribution in [2.75, 3.05) is 0 Å². The van der Waals surface area contributed by atoms with Crippen molar-refractivity contribution >= 4 is 16.8 Å². The quantitative estimate of drug-likeness (QED) is 0.856. The predicted molar refractivity (Wildman–Crippen MR) is 90.4 cm³/mol. The van der Waals surface area contributed by atoms with Gasteiger partial charge in [0.25, 0.3) is 5.56 Å². The Morgan fingerprint density at radius 3 is 2.57 bits per heavy atom. The second-order valence-electron chi connectivity index (χ2n) is 6.50. The third-order valence-corrected chi connectivity index (χ3v) is 4.83. The number of rotatable bonds is 2. The van der Waals surface area contributed by atoms with Crippen LogP contribution in [0.5, 0.6) is 0 Å². The first-order valence-electron chi connectivity index (χ1n) is 8.26. The van der Waals surface area contributed by atoms with Crippen molar-refractivity contribution in [2.24, 2.45) is 0 Å². The molecular weight excluding hydrogens is 290 g/mol. The molecule has 1 aromatic heterocycles. The Bertz CT molecular complexity index is 786. The number of benzene rings is 1. The molecular formula is C18H23N3O2. The number of aryl methyl sites for hydroxylation is 1. The van der Waals surface area contributed by atoms with Crippen LogP contribution in [0.15, 0.2) is 29.1 Å². The number of nitrogens with zero attached hydrogens (tertiary/aromatic N) is 3. The normalized spacial score (nSPS) is 21.6. The van der Waals surface area contributed by atoms with Crippen molar-refractivity contribution in [1.29, 1.82) is 0 Å². The summed E-state index contributed by atoms with van der Waals surface area (Å²) in [6, 6.07) is 7.73. The number of piperidine rings is 1. The minimum atomic E-state index is -0.140. The van der Waals surface area contributed by atoms with Crippen LogP contribution in [0.3, 0.4) is 0 Å². The largest absolute Gasteiger partial charge is 0.336 e. The number of amides is 1. The molecule has 0 unspecified atom stereocenters. The maximum Gasteiger partial charge on any atom is 0.261 e. The number of para-hydroxylation sites is 1. The zero-order chi connectivity index (χ0) is 16.6. The van der Waals surface area contributed by atoms with E-state index < -0.39 is 0 Å². The molecule has 2 atom stereocenters. The maximum absolute atomic E-state index is 12.8. The SMILES string of the molecule is Cc1nc2ccccc2c(=O)n1CC(=O)N1[C@H](C)CCC[C@@H]1C. The molecule has 0 saturated carbocycles. The summed E-state index contributed by atoms with van der Waals surface area (Å²) in [4.78, 5) is 31.9. The first-order valence-corrected chi connectivity index (χ1v) is 8.26. The summed E-state index contributed by atoms with van der Waals surface area (Å²) in [5.74, 6) is 0.589. The van der Waals surface area contributed by atoms with Crippen molar-refractivity contribution in [1.82, 2.24) is 14.5 Å². The van der Waals surface area contributed by atoms with Gasteiger partial charge < -0.3 is 4.90 Å². The molecule has 1 amide bonds. The lowest BCUT2D eigenvalue weighted by molar-refractivity contribution is -0.138. The second-order valence-corrected chi connectivity index (χ2v) is 6.50. The van der Waals surface area contributed by atoms with Crippen LogP contribution in [0.4, 0.5) is 0 Å². The molecule has 2 aromatic rings. The van der Waals surface area contributed by atoms with Gasteiger partial charge >= 0.3 is 0 Å². The van der Waals surface area contributed by atoms with E-state index in [0.717, 1.165) is 19.3 Å². The van der Waals surface area contributed by atoms with Crippen molar-refractivity contribution in [2.45, 2.75) is 58.7 Å². The molecule has 5 nitrogen and oxygen atoms in total. The Balaban J connectivity index is 1.95. The molecule has 1 saturated heterocycles. The number of likely N-dealkylation sites (tertiary alicyclic amines) is 1. The third kappa shape index (κ3) is 2.87.